The van der Waals surface area contributed by atoms with Crippen LogP contribution < -0.4 is 10.1 Å². The van der Waals surface area contributed by atoms with E-state index in [1.807, 2.05) is 0 Å². The van der Waals surface area contributed by atoms with Crippen LogP contribution in [0, 0.1) is 0 Å². The minimum Gasteiger partial charge on any atom is -0.508 e. The summed E-state index contributed by atoms with van der Waals surface area (Å²) in [5.74, 6) is 1.90. The molecule has 11 heteroatoms. The van der Waals surface area contributed by atoms with Gasteiger partial charge in [0.05, 0.1) is 21.6 Å². The Morgan fingerprint density at radius 1 is 1.11 bits per heavy atom. The van der Waals surface area contributed by atoms with E-state index < -0.39 is 16.8 Å². The summed E-state index contributed by atoms with van der Waals surface area (Å²) in [5.41, 5.74) is 1.14. The van der Waals surface area contributed by atoms with Gasteiger partial charge in [-0.05, 0) is 55.2 Å². The van der Waals surface area contributed by atoms with Crippen LogP contribution in [0.5, 0.6) is 17.2 Å². The van der Waals surface area contributed by atoms with E-state index in [1.165, 1.54) is 6.07 Å². The summed E-state index contributed by atoms with van der Waals surface area (Å²) in [6.45, 7) is 0. The van der Waals surface area contributed by atoms with Crippen molar-refractivity contribution >= 4 is 34.4 Å². The van der Waals surface area contributed by atoms with Gasteiger partial charge in [0, 0.05) is 29.7 Å². The molecule has 2 aromatic heterocycles. The van der Waals surface area contributed by atoms with Crippen molar-refractivity contribution in [3.8, 4) is 17.2 Å². The second-order valence-electron chi connectivity index (χ2n) is 8.92. The Kier molecular flexibility index (Phi) is 5.11. The number of amides is 1. The Morgan fingerprint density at radius 3 is 2.75 bits per heavy atom. The highest BCUT2D eigenvalue weighted by molar-refractivity contribution is 6.32. The first kappa shape index (κ1) is 22.7. The number of nitrogens with zero attached hydrogens (tertiary/aromatic N) is 2. The number of benzene rings is 2. The summed E-state index contributed by atoms with van der Waals surface area (Å²) in [7, 11) is 0. The largest absolute Gasteiger partial charge is 0.508 e. The second-order valence-corrected chi connectivity index (χ2v) is 9.33. The van der Waals surface area contributed by atoms with Crippen LogP contribution in [-0.4, -0.2) is 26.0 Å². The zero-order valence-corrected chi connectivity index (χ0v) is 19.2. The van der Waals surface area contributed by atoms with Gasteiger partial charge in [-0.1, -0.05) is 11.6 Å². The summed E-state index contributed by atoms with van der Waals surface area (Å²) in [6.07, 6.45) is -1.51. The van der Waals surface area contributed by atoms with Gasteiger partial charge in [0.15, 0.2) is 0 Å². The number of alkyl halides is 3. The van der Waals surface area contributed by atoms with Gasteiger partial charge in [0.1, 0.15) is 28.9 Å². The van der Waals surface area contributed by atoms with Gasteiger partial charge >= 0.3 is 6.18 Å². The number of aromatic hydroxyl groups is 1. The number of hydrogen-bond donors (Lipinski definition) is 3. The number of imidazole rings is 1. The smallest absolute Gasteiger partial charge is 0.417 e. The molecule has 2 aromatic carbocycles. The number of pyridine rings is 1. The molecular weight excluding hydrogens is 497 g/mol. The van der Waals surface area contributed by atoms with Crippen LogP contribution in [0.25, 0.3) is 11.0 Å². The molecule has 1 aliphatic carbocycles. The maximum atomic E-state index is 13.2. The highest BCUT2D eigenvalue weighted by Crippen LogP contribution is 2.56. The number of phenolic OH excluding ortho intramolecular Hbond substituents is 1. The van der Waals surface area contributed by atoms with E-state index in [2.05, 4.69) is 20.3 Å². The maximum absolute atomic E-state index is 13.2. The van der Waals surface area contributed by atoms with Gasteiger partial charge < -0.3 is 20.1 Å². The minimum absolute atomic E-state index is 0.0858. The van der Waals surface area contributed by atoms with Crippen LogP contribution in [0.4, 0.5) is 19.0 Å². The second kappa shape index (κ2) is 8.12. The van der Waals surface area contributed by atoms with E-state index in [0.29, 0.717) is 53.5 Å². The predicted octanol–water partition coefficient (Wildman–Crippen LogP) is 6.28. The molecule has 1 amide bonds. The lowest BCUT2D eigenvalue weighted by Gasteiger charge is -2.19. The number of H-pyrrole nitrogens is 1. The first-order chi connectivity index (χ1) is 17.2. The van der Waals surface area contributed by atoms with Gasteiger partial charge in [0.25, 0.3) is 0 Å². The first-order valence-electron chi connectivity index (χ1n) is 11.2. The normalized spacial score (nSPS) is 19.2. The molecule has 4 aromatic rings. The van der Waals surface area contributed by atoms with Gasteiger partial charge in [-0.2, -0.15) is 13.2 Å². The molecule has 0 radical (unpaired) electrons. The monoisotopic (exact) mass is 514 g/mol. The van der Waals surface area contributed by atoms with Crippen molar-refractivity contribution < 1.29 is 27.8 Å². The van der Waals surface area contributed by atoms with Gasteiger partial charge in [-0.25, -0.2) is 9.97 Å². The fourth-order valence-corrected chi connectivity index (χ4v) is 4.92. The molecule has 7 nitrogen and oxygen atoms in total. The highest BCUT2D eigenvalue weighted by Gasteiger charge is 2.43. The Hall–Kier alpha value is -3.79. The van der Waals surface area contributed by atoms with E-state index in [0.717, 1.165) is 11.6 Å². The van der Waals surface area contributed by atoms with Crippen LogP contribution in [0.1, 0.15) is 47.2 Å². The maximum Gasteiger partial charge on any atom is 0.417 e. The third-order valence-electron chi connectivity index (χ3n) is 6.54. The lowest BCUT2D eigenvalue weighted by Crippen LogP contribution is -2.20. The Balaban J connectivity index is 1.26. The summed E-state index contributed by atoms with van der Waals surface area (Å²) in [4.78, 5) is 23.3. The number of nitrogens with one attached hydrogen (secondary N) is 2. The van der Waals surface area contributed by atoms with Crippen molar-refractivity contribution in [1.29, 1.82) is 0 Å². The lowest BCUT2D eigenvalue weighted by atomic mass is 10.1. The molecule has 184 valence electrons. The number of hydrogen-bond acceptors (Lipinski definition) is 5. The van der Waals surface area contributed by atoms with Crippen LogP contribution in [0.15, 0.2) is 42.6 Å². The third kappa shape index (κ3) is 4.01. The Labute approximate surface area is 207 Å². The number of aromatic nitrogens is 3. The van der Waals surface area contributed by atoms with Gasteiger partial charge in [-0.3, -0.25) is 4.79 Å². The molecule has 6 rings (SSSR count). The molecule has 2 atom stereocenters. The number of phenols is 1. The molecule has 3 heterocycles. The summed E-state index contributed by atoms with van der Waals surface area (Å²) in [5, 5.41) is 12.8. The number of fused-ring (bicyclic) bond motifs is 2. The van der Waals surface area contributed by atoms with E-state index in [-0.39, 0.29) is 29.0 Å². The molecule has 1 fully saturated rings. The van der Waals surface area contributed by atoms with Crippen LogP contribution in [-0.2, 0) is 17.4 Å². The molecular formula is C25H18ClF3N4O3. The fourth-order valence-electron chi connectivity index (χ4n) is 4.66. The molecule has 2 aliphatic rings. The molecule has 0 spiro atoms. The minimum atomic E-state index is -4.56. The fraction of sp³-hybridized carbons (Fsp3) is 0.240. The van der Waals surface area contributed by atoms with Crippen LogP contribution in [0.2, 0.25) is 5.02 Å². The zero-order valence-electron chi connectivity index (χ0n) is 18.5. The van der Waals surface area contributed by atoms with Crippen molar-refractivity contribution in [3.05, 3.63) is 70.1 Å². The molecule has 1 saturated carbocycles. The Morgan fingerprint density at radius 2 is 1.94 bits per heavy atom. The van der Waals surface area contributed by atoms with Crippen molar-refractivity contribution in [2.45, 2.75) is 37.3 Å². The molecule has 0 saturated heterocycles. The first-order valence-corrected chi connectivity index (χ1v) is 11.6. The average molecular weight is 515 g/mol. The SMILES string of the molecule is O=C1CCc2c(Oc3ccc(O)c([C@H]4C[C@@H]4c4nc5cc(Cl)c(C(F)(F)F)cc5[nH]4)c3)ccnc2N1. The zero-order chi connectivity index (χ0) is 25.2. The van der Waals surface area contributed by atoms with Crippen LogP contribution in [0.3, 0.4) is 0 Å². The third-order valence-corrected chi connectivity index (χ3v) is 6.85. The number of ether oxygens (including phenoxy) is 1. The molecule has 36 heavy (non-hydrogen) atoms. The predicted molar refractivity (Wildman–Crippen MR) is 126 cm³/mol. The molecule has 3 N–H and O–H groups in total. The summed E-state index contributed by atoms with van der Waals surface area (Å²) < 4.78 is 45.7. The number of aromatic amines is 1. The average Bonchev–Trinajstić information content (AvgIpc) is 3.51. The van der Waals surface area contributed by atoms with Gasteiger partial charge in [0.2, 0.25) is 5.91 Å². The van der Waals surface area contributed by atoms with Gasteiger partial charge in [-0.15, -0.1) is 0 Å². The van der Waals surface area contributed by atoms with E-state index in [4.69, 9.17) is 16.3 Å². The highest BCUT2D eigenvalue weighted by atomic mass is 35.5. The topological polar surface area (TPSA) is 100 Å². The molecule has 0 bridgehead atoms. The number of carbonyl (C=O) groups is 1. The quantitative estimate of drug-likeness (QED) is 0.297. The van der Waals surface area contributed by atoms with E-state index in [9.17, 15) is 23.1 Å². The van der Waals surface area contributed by atoms with Crippen molar-refractivity contribution in [2.24, 2.45) is 0 Å². The number of carbonyl (C=O) groups excluding carboxylic acids is 1. The lowest BCUT2D eigenvalue weighted by molar-refractivity contribution is -0.137. The molecule has 1 aliphatic heterocycles. The summed E-state index contributed by atoms with van der Waals surface area (Å²) >= 11 is 5.83. The number of halogens is 4. The van der Waals surface area contributed by atoms with Crippen LogP contribution >= 0.6 is 11.6 Å². The Bertz CT molecular complexity index is 1540. The van der Waals surface area contributed by atoms with E-state index >= 15 is 0 Å². The number of anilines is 1. The molecule has 0 unspecified atom stereocenters. The van der Waals surface area contributed by atoms with Crippen molar-refractivity contribution in [3.63, 3.8) is 0 Å². The number of rotatable bonds is 4. The van der Waals surface area contributed by atoms with Crippen molar-refractivity contribution in [2.75, 3.05) is 5.32 Å². The summed E-state index contributed by atoms with van der Waals surface area (Å²) in [6, 6.07) is 8.83. The van der Waals surface area contributed by atoms with Crippen molar-refractivity contribution in [1.82, 2.24) is 15.0 Å². The standard InChI is InChI=1S/C25H18ClF3N4O3/c26-17-10-19-18(9-16(17)25(27,28)29)31-24(32-19)15-8-13(15)14-7-11(1-3-20(14)34)36-21-5-6-30-23-12(21)2-4-22(35)33-23/h1,3,5-7,9-10,13,15,34H,2,4,8H2,(H,31,32)(H,30,33,35)/t13-,15+/m1/s1. The van der Waals surface area contributed by atoms with E-state index in [1.54, 1.807) is 30.5 Å².